The fourth-order valence-electron chi connectivity index (χ4n) is 3.68. The highest BCUT2D eigenvalue weighted by Crippen LogP contribution is 2.28. The Labute approximate surface area is 156 Å². The molecule has 0 bridgehead atoms. The number of pyridine rings is 1. The number of carbonyl (C=O) groups is 1. The van der Waals surface area contributed by atoms with Gasteiger partial charge in [0.25, 0.3) is 0 Å². The third-order valence-corrected chi connectivity index (χ3v) is 7.80. The maximum absolute atomic E-state index is 12.5. The number of carbonyl (C=O) groups excluding carboxylic acids is 1. The van der Waals surface area contributed by atoms with Crippen LogP contribution in [0.25, 0.3) is 0 Å². The molecule has 3 rings (SSSR count). The number of hydrogen-bond donors (Lipinski definition) is 1. The molecular weight excluding hydrogens is 350 g/mol. The van der Waals surface area contributed by atoms with Gasteiger partial charge in [0.15, 0.2) is 14.9 Å². The predicted molar refractivity (Wildman–Crippen MR) is 102 cm³/mol. The van der Waals surface area contributed by atoms with Gasteiger partial charge in [-0.05, 0) is 52.2 Å². The van der Waals surface area contributed by atoms with E-state index in [0.29, 0.717) is 12.5 Å². The first-order valence-electron chi connectivity index (χ1n) is 9.44. The summed E-state index contributed by atoms with van der Waals surface area (Å²) in [5, 5.41) is 3.48. The molecule has 2 aliphatic rings. The van der Waals surface area contributed by atoms with Crippen molar-refractivity contribution < 1.29 is 13.2 Å². The van der Waals surface area contributed by atoms with Crippen LogP contribution in [0.4, 0.5) is 5.69 Å². The summed E-state index contributed by atoms with van der Waals surface area (Å²) in [6.07, 6.45) is 6.87. The van der Waals surface area contributed by atoms with E-state index >= 15 is 0 Å². The normalized spacial score (nSPS) is 22.0. The maximum atomic E-state index is 12.5. The molecule has 1 aliphatic heterocycles. The lowest BCUT2D eigenvalue weighted by atomic mass is 10.1. The lowest BCUT2D eigenvalue weighted by Gasteiger charge is -2.21. The first kappa shape index (κ1) is 19.1. The molecule has 7 heteroatoms. The van der Waals surface area contributed by atoms with E-state index in [-0.39, 0.29) is 17.0 Å². The van der Waals surface area contributed by atoms with Crippen LogP contribution in [0.3, 0.4) is 0 Å². The quantitative estimate of drug-likeness (QED) is 0.870. The van der Waals surface area contributed by atoms with Crippen molar-refractivity contribution >= 4 is 21.4 Å². The molecule has 1 aromatic heterocycles. The van der Waals surface area contributed by atoms with E-state index in [9.17, 15) is 13.2 Å². The minimum atomic E-state index is -3.44. The van der Waals surface area contributed by atoms with E-state index in [1.165, 1.54) is 12.8 Å². The molecule has 1 amide bonds. The van der Waals surface area contributed by atoms with Gasteiger partial charge in [0, 0.05) is 25.0 Å². The largest absolute Gasteiger partial charge is 0.379 e. The molecule has 0 aromatic carbocycles. The maximum Gasteiger partial charge on any atom is 0.225 e. The highest BCUT2D eigenvalue weighted by atomic mass is 32.2. The number of likely N-dealkylation sites (tertiary alicyclic amines) is 1. The number of anilines is 1. The molecule has 26 heavy (non-hydrogen) atoms. The molecule has 2 fully saturated rings. The van der Waals surface area contributed by atoms with Crippen molar-refractivity contribution in [2.24, 2.45) is 5.92 Å². The van der Waals surface area contributed by atoms with Gasteiger partial charge in [-0.25, -0.2) is 13.4 Å². The van der Waals surface area contributed by atoms with E-state index in [2.05, 4.69) is 10.3 Å². The first-order valence-corrected chi connectivity index (χ1v) is 10.9. The summed E-state index contributed by atoms with van der Waals surface area (Å²) in [7, 11) is -3.44. The summed E-state index contributed by atoms with van der Waals surface area (Å²) >= 11 is 0. The van der Waals surface area contributed by atoms with E-state index in [1.54, 1.807) is 39.1 Å². The second kappa shape index (κ2) is 7.18. The van der Waals surface area contributed by atoms with Crippen LogP contribution in [0.5, 0.6) is 0 Å². The van der Waals surface area contributed by atoms with Crippen LogP contribution in [0.15, 0.2) is 23.4 Å². The molecule has 1 N–H and O–H groups in total. The first-order chi connectivity index (χ1) is 12.2. The second-order valence-electron chi connectivity index (χ2n) is 8.40. The van der Waals surface area contributed by atoms with Crippen molar-refractivity contribution in [1.82, 2.24) is 9.88 Å². The summed E-state index contributed by atoms with van der Waals surface area (Å²) < 4.78 is 24.0. The fourth-order valence-corrected chi connectivity index (χ4v) is 4.75. The molecule has 1 saturated heterocycles. The smallest absolute Gasteiger partial charge is 0.225 e. The molecule has 144 valence electrons. The van der Waals surface area contributed by atoms with E-state index in [0.717, 1.165) is 31.5 Å². The number of hydrogen-bond acceptors (Lipinski definition) is 5. The van der Waals surface area contributed by atoms with Gasteiger partial charge in [0.1, 0.15) is 0 Å². The SMILES string of the molecule is CC(C)(C)S(=O)(=O)c1ccc(NC2CCN(C(=O)C3CCCC3)C2)cn1. The third-order valence-electron chi connectivity index (χ3n) is 5.39. The van der Waals surface area contributed by atoms with Crippen LogP contribution >= 0.6 is 0 Å². The molecule has 0 spiro atoms. The van der Waals surface area contributed by atoms with Crippen molar-refractivity contribution in [2.75, 3.05) is 18.4 Å². The minimum Gasteiger partial charge on any atom is -0.379 e. The fraction of sp³-hybridized carbons (Fsp3) is 0.684. The molecule has 1 atom stereocenters. The van der Waals surface area contributed by atoms with E-state index in [1.807, 2.05) is 4.90 Å². The van der Waals surface area contributed by atoms with Crippen molar-refractivity contribution in [3.8, 4) is 0 Å². The van der Waals surface area contributed by atoms with Crippen LogP contribution in [0.1, 0.15) is 52.9 Å². The van der Waals surface area contributed by atoms with Crippen molar-refractivity contribution in [1.29, 1.82) is 0 Å². The Kier molecular flexibility index (Phi) is 5.28. The molecule has 1 saturated carbocycles. The summed E-state index contributed by atoms with van der Waals surface area (Å²) in [6.45, 7) is 6.51. The minimum absolute atomic E-state index is 0.0972. The van der Waals surface area contributed by atoms with Crippen LogP contribution in [0.2, 0.25) is 0 Å². The summed E-state index contributed by atoms with van der Waals surface area (Å²) in [4.78, 5) is 18.6. The van der Waals surface area contributed by atoms with Crippen molar-refractivity contribution in [3.05, 3.63) is 18.3 Å². The molecule has 6 nitrogen and oxygen atoms in total. The number of aromatic nitrogens is 1. The van der Waals surface area contributed by atoms with Crippen molar-refractivity contribution in [3.63, 3.8) is 0 Å². The van der Waals surface area contributed by atoms with Crippen LogP contribution < -0.4 is 5.32 Å². The zero-order chi connectivity index (χ0) is 18.9. The Morgan fingerprint density at radius 1 is 1.19 bits per heavy atom. The molecule has 1 aromatic rings. The van der Waals surface area contributed by atoms with Gasteiger partial charge in [-0.1, -0.05) is 12.8 Å². The number of nitrogens with one attached hydrogen (secondary N) is 1. The Balaban J connectivity index is 1.59. The molecule has 1 unspecified atom stereocenters. The Bertz CT molecular complexity index is 747. The van der Waals surface area contributed by atoms with E-state index < -0.39 is 14.6 Å². The standard InChI is InChI=1S/C19H29N3O3S/c1-19(2,3)26(24,25)17-9-8-15(12-20-17)21-16-10-11-22(13-16)18(23)14-6-4-5-7-14/h8-9,12,14,16,21H,4-7,10-11,13H2,1-3H3. The Morgan fingerprint density at radius 3 is 2.46 bits per heavy atom. The highest BCUT2D eigenvalue weighted by molar-refractivity contribution is 7.92. The lowest BCUT2D eigenvalue weighted by molar-refractivity contribution is -0.134. The highest BCUT2D eigenvalue weighted by Gasteiger charge is 2.33. The zero-order valence-corrected chi connectivity index (χ0v) is 16.7. The van der Waals surface area contributed by atoms with Gasteiger partial charge in [-0.15, -0.1) is 0 Å². The molecule has 1 aliphatic carbocycles. The monoisotopic (exact) mass is 379 g/mol. The number of amides is 1. The molecular formula is C19H29N3O3S. The zero-order valence-electron chi connectivity index (χ0n) is 15.9. The summed E-state index contributed by atoms with van der Waals surface area (Å²) in [5.41, 5.74) is 0.790. The van der Waals surface area contributed by atoms with Gasteiger partial charge in [0.05, 0.1) is 16.6 Å². The topological polar surface area (TPSA) is 79.4 Å². The van der Waals surface area contributed by atoms with Crippen LogP contribution in [-0.2, 0) is 14.6 Å². The van der Waals surface area contributed by atoms with Crippen molar-refractivity contribution in [2.45, 2.75) is 68.7 Å². The number of rotatable bonds is 4. The van der Waals surface area contributed by atoms with E-state index in [4.69, 9.17) is 0 Å². The summed E-state index contributed by atoms with van der Waals surface area (Å²) in [5.74, 6) is 0.522. The average Bonchev–Trinajstić information content (AvgIpc) is 3.25. The van der Waals surface area contributed by atoms with Crippen LogP contribution in [0, 0.1) is 5.92 Å². The van der Waals surface area contributed by atoms with Gasteiger partial charge in [-0.2, -0.15) is 0 Å². The average molecular weight is 380 g/mol. The molecule has 2 heterocycles. The van der Waals surface area contributed by atoms with Crippen LogP contribution in [-0.4, -0.2) is 48.1 Å². The Hall–Kier alpha value is -1.63. The van der Waals surface area contributed by atoms with Gasteiger partial charge in [-0.3, -0.25) is 4.79 Å². The van der Waals surface area contributed by atoms with Gasteiger partial charge in [0.2, 0.25) is 5.91 Å². The lowest BCUT2D eigenvalue weighted by Crippen LogP contribution is -2.35. The predicted octanol–water partition coefficient (Wildman–Crippen LogP) is 2.86. The Morgan fingerprint density at radius 2 is 1.88 bits per heavy atom. The number of nitrogens with zero attached hydrogens (tertiary/aromatic N) is 2. The third kappa shape index (κ3) is 3.87. The second-order valence-corrected chi connectivity index (χ2v) is 11.0. The van der Waals surface area contributed by atoms with Gasteiger partial charge >= 0.3 is 0 Å². The van der Waals surface area contributed by atoms with Gasteiger partial charge < -0.3 is 10.2 Å². The summed E-state index contributed by atoms with van der Waals surface area (Å²) in [6, 6.07) is 3.50. The molecule has 0 radical (unpaired) electrons. The number of sulfone groups is 1.